The molecular formula is C15H18O4. The second-order valence-corrected chi connectivity index (χ2v) is 6.32. The molecule has 2 unspecified atom stereocenters. The highest BCUT2D eigenvalue weighted by Crippen LogP contribution is 2.83. The van der Waals surface area contributed by atoms with E-state index in [4.69, 9.17) is 9.47 Å². The molecular weight excluding hydrogens is 244 g/mol. The van der Waals surface area contributed by atoms with Crippen molar-refractivity contribution in [3.05, 3.63) is 12.2 Å². The molecule has 0 N–H and O–H groups in total. The molecule has 0 saturated heterocycles. The molecule has 4 rings (SSSR count). The number of carbonyl (C=O) groups excluding carboxylic acids is 2. The average Bonchev–Trinajstić information content (AvgIpc) is 2.69. The molecule has 4 aliphatic rings. The minimum atomic E-state index is -1.20. The largest absolute Gasteiger partial charge is 0.347 e. The van der Waals surface area contributed by atoms with Crippen LogP contribution in [0.25, 0.3) is 0 Å². The van der Waals surface area contributed by atoms with E-state index in [1.54, 1.807) is 6.92 Å². The number of Topliss-reactive ketones (excluding diaryl/α,β-unsaturated/α-hetero) is 2. The number of rotatable bonds is 3. The van der Waals surface area contributed by atoms with Gasteiger partial charge < -0.3 is 9.47 Å². The lowest BCUT2D eigenvalue weighted by molar-refractivity contribution is -0.232. The van der Waals surface area contributed by atoms with Gasteiger partial charge in [0.05, 0.1) is 5.41 Å². The van der Waals surface area contributed by atoms with Crippen molar-refractivity contribution in [3.63, 3.8) is 0 Å². The topological polar surface area (TPSA) is 52.6 Å². The van der Waals surface area contributed by atoms with E-state index in [1.807, 2.05) is 0 Å². The summed E-state index contributed by atoms with van der Waals surface area (Å²) in [4.78, 5) is 25.0. The third-order valence-corrected chi connectivity index (χ3v) is 6.19. The number of ether oxygens (including phenoxy) is 2. The molecule has 6 atom stereocenters. The molecule has 4 heteroatoms. The zero-order chi connectivity index (χ0) is 13.6. The van der Waals surface area contributed by atoms with Crippen LogP contribution in [0.15, 0.2) is 12.2 Å². The van der Waals surface area contributed by atoms with Gasteiger partial charge in [-0.05, 0) is 31.1 Å². The fourth-order valence-corrected chi connectivity index (χ4v) is 5.73. The van der Waals surface area contributed by atoms with E-state index in [2.05, 4.69) is 12.2 Å². The Bertz CT molecular complexity index is 518. The van der Waals surface area contributed by atoms with Crippen molar-refractivity contribution in [1.82, 2.24) is 0 Å². The molecule has 0 aliphatic heterocycles. The molecule has 0 heterocycles. The first kappa shape index (κ1) is 11.8. The predicted molar refractivity (Wildman–Crippen MR) is 66.1 cm³/mol. The van der Waals surface area contributed by atoms with Gasteiger partial charge in [-0.1, -0.05) is 12.2 Å². The van der Waals surface area contributed by atoms with E-state index in [-0.39, 0.29) is 29.3 Å². The van der Waals surface area contributed by atoms with Gasteiger partial charge in [0, 0.05) is 26.1 Å². The Morgan fingerprint density at radius 1 is 1.37 bits per heavy atom. The van der Waals surface area contributed by atoms with E-state index >= 15 is 0 Å². The van der Waals surface area contributed by atoms with Gasteiger partial charge in [0.2, 0.25) is 5.79 Å². The first-order valence-electron chi connectivity index (χ1n) is 6.89. The van der Waals surface area contributed by atoms with E-state index in [1.165, 1.54) is 14.2 Å². The van der Waals surface area contributed by atoms with E-state index in [0.717, 1.165) is 6.42 Å². The summed E-state index contributed by atoms with van der Waals surface area (Å²) in [5, 5.41) is 0. The van der Waals surface area contributed by atoms with Crippen LogP contribution in [0.1, 0.15) is 13.3 Å². The number of hydrogen-bond acceptors (Lipinski definition) is 4. The Balaban J connectivity index is 1.91. The number of carbonyl (C=O) groups is 2. The van der Waals surface area contributed by atoms with Gasteiger partial charge in [-0.3, -0.25) is 9.59 Å². The zero-order valence-corrected chi connectivity index (χ0v) is 11.4. The molecule has 0 spiro atoms. The summed E-state index contributed by atoms with van der Waals surface area (Å²) in [6.45, 7) is 1.62. The molecule has 0 bridgehead atoms. The van der Waals surface area contributed by atoms with Crippen molar-refractivity contribution in [1.29, 1.82) is 0 Å². The molecule has 3 fully saturated rings. The molecule has 4 aliphatic carbocycles. The van der Waals surface area contributed by atoms with Crippen LogP contribution in [0.4, 0.5) is 0 Å². The Hall–Kier alpha value is -1.00. The maximum Gasteiger partial charge on any atom is 0.232 e. The zero-order valence-electron chi connectivity index (χ0n) is 11.4. The number of allylic oxidation sites excluding steroid dienone is 2. The molecule has 0 aromatic heterocycles. The lowest BCUT2D eigenvalue weighted by Gasteiger charge is -2.36. The Morgan fingerprint density at radius 3 is 2.63 bits per heavy atom. The SMILES string of the molecule is COC1(OC)C(=O)C2C3[C@@H]4C=CC[C@@H]4[C@@H]1[C@@]23C(C)=O. The second kappa shape index (κ2) is 3.18. The van der Waals surface area contributed by atoms with Crippen molar-refractivity contribution in [2.75, 3.05) is 14.2 Å². The number of hydrogen-bond donors (Lipinski definition) is 0. The Kier molecular flexibility index (Phi) is 1.97. The third-order valence-electron chi connectivity index (χ3n) is 6.19. The van der Waals surface area contributed by atoms with Gasteiger partial charge in [-0.2, -0.15) is 0 Å². The summed E-state index contributed by atoms with van der Waals surface area (Å²) in [6.07, 6.45) is 5.30. The first-order valence-corrected chi connectivity index (χ1v) is 6.89. The summed E-state index contributed by atoms with van der Waals surface area (Å²) in [7, 11) is 3.04. The molecule has 19 heavy (non-hydrogen) atoms. The van der Waals surface area contributed by atoms with Crippen LogP contribution in [-0.2, 0) is 19.1 Å². The summed E-state index contributed by atoms with van der Waals surface area (Å²) in [6, 6.07) is 0. The fraction of sp³-hybridized carbons (Fsp3) is 0.733. The van der Waals surface area contributed by atoms with Gasteiger partial charge in [-0.15, -0.1) is 0 Å². The van der Waals surface area contributed by atoms with Crippen molar-refractivity contribution in [3.8, 4) is 0 Å². The van der Waals surface area contributed by atoms with Crippen LogP contribution < -0.4 is 0 Å². The van der Waals surface area contributed by atoms with Gasteiger partial charge in [0.1, 0.15) is 5.78 Å². The van der Waals surface area contributed by atoms with E-state index in [0.29, 0.717) is 11.8 Å². The third kappa shape index (κ3) is 0.905. The lowest BCUT2D eigenvalue weighted by atomic mass is 9.78. The van der Waals surface area contributed by atoms with Crippen LogP contribution in [-0.4, -0.2) is 31.6 Å². The van der Waals surface area contributed by atoms with Crippen molar-refractivity contribution in [2.24, 2.45) is 35.0 Å². The number of methoxy groups -OCH3 is 2. The molecule has 0 aromatic carbocycles. The fourth-order valence-electron chi connectivity index (χ4n) is 5.73. The smallest absolute Gasteiger partial charge is 0.232 e. The Morgan fingerprint density at radius 2 is 2.05 bits per heavy atom. The van der Waals surface area contributed by atoms with Gasteiger partial charge in [0.15, 0.2) is 5.78 Å². The highest BCUT2D eigenvalue weighted by atomic mass is 16.7. The molecule has 102 valence electrons. The summed E-state index contributed by atoms with van der Waals surface area (Å²) >= 11 is 0. The van der Waals surface area contributed by atoms with Gasteiger partial charge in [0.25, 0.3) is 0 Å². The molecule has 0 amide bonds. The summed E-state index contributed by atoms with van der Waals surface area (Å²) in [5.74, 6) is -0.492. The minimum Gasteiger partial charge on any atom is -0.347 e. The van der Waals surface area contributed by atoms with E-state index < -0.39 is 11.2 Å². The highest BCUT2D eigenvalue weighted by molar-refractivity contribution is 6.06. The van der Waals surface area contributed by atoms with Crippen molar-refractivity contribution >= 4 is 11.6 Å². The predicted octanol–water partition coefficient (Wildman–Crippen LogP) is 1.20. The monoisotopic (exact) mass is 262 g/mol. The number of ketones is 2. The highest BCUT2D eigenvalue weighted by Gasteiger charge is 2.92. The van der Waals surface area contributed by atoms with Gasteiger partial charge >= 0.3 is 0 Å². The quantitative estimate of drug-likeness (QED) is 0.566. The standard InChI is InChI=1S/C15H18O4/c1-7(16)14-10-8-5-4-6-9(8)12(14)15(18-2,19-3)13(17)11(10)14/h4-5,8-12H,6H2,1-3H3/t8-,9+,10?,11?,12-,14-/m1/s1. The number of fused-ring (bicyclic) bond motifs is 4. The summed E-state index contributed by atoms with van der Waals surface area (Å²) < 4.78 is 11.0. The van der Waals surface area contributed by atoms with Crippen molar-refractivity contribution in [2.45, 2.75) is 19.1 Å². The molecule has 0 aromatic rings. The first-order chi connectivity index (χ1) is 9.07. The average molecular weight is 262 g/mol. The molecule has 4 nitrogen and oxygen atoms in total. The normalized spacial score (nSPS) is 51.3. The minimum absolute atomic E-state index is 0.00880. The molecule has 3 saturated carbocycles. The van der Waals surface area contributed by atoms with Crippen LogP contribution in [0.2, 0.25) is 0 Å². The summed E-state index contributed by atoms with van der Waals surface area (Å²) in [5.41, 5.74) is -0.497. The lowest BCUT2D eigenvalue weighted by Crippen LogP contribution is -2.50. The Labute approximate surface area is 112 Å². The van der Waals surface area contributed by atoms with Crippen LogP contribution in [0.3, 0.4) is 0 Å². The van der Waals surface area contributed by atoms with Crippen molar-refractivity contribution < 1.29 is 19.1 Å². The van der Waals surface area contributed by atoms with E-state index in [9.17, 15) is 9.59 Å². The van der Waals surface area contributed by atoms with Crippen LogP contribution >= 0.6 is 0 Å². The maximum absolute atomic E-state index is 12.7. The molecule has 0 radical (unpaired) electrons. The van der Waals surface area contributed by atoms with Crippen LogP contribution in [0, 0.1) is 35.0 Å². The van der Waals surface area contributed by atoms with Gasteiger partial charge in [-0.25, -0.2) is 0 Å². The van der Waals surface area contributed by atoms with Crippen LogP contribution in [0.5, 0.6) is 0 Å². The second-order valence-electron chi connectivity index (χ2n) is 6.32. The maximum atomic E-state index is 12.7.